The fraction of sp³-hybridized carbons (Fsp3) is 0.462. The molecule has 0 radical (unpaired) electrons. The Hall–Kier alpha value is -1.13. The summed E-state index contributed by atoms with van der Waals surface area (Å²) in [7, 11) is 1.35. The number of halogens is 2. The van der Waals surface area contributed by atoms with Crippen LogP contribution in [0, 0.1) is 5.82 Å². The second-order valence-corrected chi connectivity index (χ2v) is 4.72. The molecule has 1 aromatic carbocycles. The van der Waals surface area contributed by atoms with Crippen molar-refractivity contribution < 1.29 is 13.9 Å². The van der Waals surface area contributed by atoms with Gasteiger partial charge in [-0.05, 0) is 31.5 Å². The first-order valence-corrected chi connectivity index (χ1v) is 6.06. The van der Waals surface area contributed by atoms with Crippen LogP contribution in [0.15, 0.2) is 18.2 Å². The Bertz CT molecular complexity index is 423. The molecular formula is C13H17ClFNO2. The molecule has 5 heteroatoms. The molecule has 0 fully saturated rings. The van der Waals surface area contributed by atoms with E-state index in [0.29, 0.717) is 11.6 Å². The summed E-state index contributed by atoms with van der Waals surface area (Å²) in [5.41, 5.74) is 0.788. The van der Waals surface area contributed by atoms with Gasteiger partial charge in [-0.25, -0.2) is 4.39 Å². The molecule has 1 aromatic rings. The smallest absolute Gasteiger partial charge is 0.319 e. The summed E-state index contributed by atoms with van der Waals surface area (Å²) in [6.45, 7) is 4.61. The third-order valence-corrected chi connectivity index (χ3v) is 3.03. The highest BCUT2D eigenvalue weighted by Gasteiger charge is 2.16. The van der Waals surface area contributed by atoms with Gasteiger partial charge >= 0.3 is 5.97 Å². The highest BCUT2D eigenvalue weighted by atomic mass is 35.5. The molecule has 0 saturated heterocycles. The number of rotatable bonds is 5. The Balaban J connectivity index is 2.80. The van der Waals surface area contributed by atoms with Crippen LogP contribution in [-0.2, 0) is 16.1 Å². The Labute approximate surface area is 111 Å². The van der Waals surface area contributed by atoms with Gasteiger partial charge < -0.3 is 4.74 Å². The highest BCUT2D eigenvalue weighted by molar-refractivity contribution is 6.31. The van der Waals surface area contributed by atoms with Gasteiger partial charge in [-0.3, -0.25) is 9.69 Å². The van der Waals surface area contributed by atoms with Gasteiger partial charge in [-0.1, -0.05) is 17.7 Å². The van der Waals surface area contributed by atoms with E-state index >= 15 is 0 Å². The fourth-order valence-corrected chi connectivity index (χ4v) is 1.75. The molecule has 0 aliphatic heterocycles. The van der Waals surface area contributed by atoms with Gasteiger partial charge in [0.15, 0.2) is 0 Å². The molecule has 0 heterocycles. The lowest BCUT2D eigenvalue weighted by Crippen LogP contribution is -2.35. The van der Waals surface area contributed by atoms with E-state index in [1.807, 2.05) is 18.7 Å². The maximum Gasteiger partial charge on any atom is 0.319 e. The fourth-order valence-electron chi connectivity index (χ4n) is 1.52. The van der Waals surface area contributed by atoms with Crippen molar-refractivity contribution in [3.05, 3.63) is 34.6 Å². The predicted molar refractivity (Wildman–Crippen MR) is 69.0 cm³/mol. The van der Waals surface area contributed by atoms with Crippen molar-refractivity contribution in [3.63, 3.8) is 0 Å². The lowest BCUT2D eigenvalue weighted by Gasteiger charge is -2.25. The van der Waals surface area contributed by atoms with Gasteiger partial charge in [-0.15, -0.1) is 0 Å². The second kappa shape index (κ2) is 6.71. The van der Waals surface area contributed by atoms with E-state index < -0.39 is 0 Å². The molecule has 3 nitrogen and oxygen atoms in total. The Morgan fingerprint density at radius 1 is 1.50 bits per heavy atom. The molecule has 0 bridgehead atoms. The highest BCUT2D eigenvalue weighted by Crippen LogP contribution is 2.19. The third-order valence-electron chi connectivity index (χ3n) is 2.68. The minimum absolute atomic E-state index is 0.158. The monoisotopic (exact) mass is 273 g/mol. The average molecular weight is 274 g/mol. The quantitative estimate of drug-likeness (QED) is 0.773. The van der Waals surface area contributed by atoms with E-state index in [9.17, 15) is 9.18 Å². The van der Waals surface area contributed by atoms with Crippen molar-refractivity contribution in [1.82, 2.24) is 4.90 Å². The molecule has 0 amide bonds. The average Bonchev–Trinajstić information content (AvgIpc) is 2.30. The van der Waals surface area contributed by atoms with Crippen LogP contribution in [0.5, 0.6) is 0 Å². The molecule has 100 valence electrons. The zero-order chi connectivity index (χ0) is 13.7. The van der Waals surface area contributed by atoms with Crippen molar-refractivity contribution in [1.29, 1.82) is 0 Å². The van der Waals surface area contributed by atoms with Gasteiger partial charge in [0.05, 0.1) is 13.7 Å². The topological polar surface area (TPSA) is 29.5 Å². The van der Waals surface area contributed by atoms with Crippen LogP contribution in [0.3, 0.4) is 0 Å². The molecule has 0 spiro atoms. The molecule has 0 saturated carbocycles. The van der Waals surface area contributed by atoms with E-state index in [4.69, 9.17) is 11.6 Å². The molecule has 0 aliphatic rings. The summed E-state index contributed by atoms with van der Waals surface area (Å²) >= 11 is 5.97. The molecule has 0 aliphatic carbocycles. The number of esters is 1. The predicted octanol–water partition coefficient (Wildman–Crippen LogP) is 2.86. The second-order valence-electron chi connectivity index (χ2n) is 4.31. The van der Waals surface area contributed by atoms with Gasteiger partial charge in [0.1, 0.15) is 5.82 Å². The number of methoxy groups -OCH3 is 1. The van der Waals surface area contributed by atoms with E-state index in [2.05, 4.69) is 4.74 Å². The Kier molecular flexibility index (Phi) is 5.56. The summed E-state index contributed by atoms with van der Waals surface area (Å²) in [5.74, 6) is -0.672. The lowest BCUT2D eigenvalue weighted by molar-refractivity contribution is -0.142. The molecule has 0 aromatic heterocycles. The summed E-state index contributed by atoms with van der Waals surface area (Å²) in [5, 5.41) is 0.366. The minimum Gasteiger partial charge on any atom is -0.468 e. The third kappa shape index (κ3) is 4.27. The molecule has 0 atom stereocenters. The van der Waals surface area contributed by atoms with Crippen molar-refractivity contribution >= 4 is 17.6 Å². The van der Waals surface area contributed by atoms with E-state index in [1.165, 1.54) is 19.2 Å². The summed E-state index contributed by atoms with van der Waals surface area (Å²) in [6, 6.07) is 4.42. The minimum atomic E-state index is -0.368. The molecule has 18 heavy (non-hydrogen) atoms. The SMILES string of the molecule is COC(=O)CN(Cc1ccc(F)cc1Cl)C(C)C. The van der Waals surface area contributed by atoms with E-state index in [-0.39, 0.29) is 24.4 Å². The molecule has 0 N–H and O–H groups in total. The lowest BCUT2D eigenvalue weighted by atomic mass is 10.2. The number of nitrogens with zero attached hydrogens (tertiary/aromatic N) is 1. The van der Waals surface area contributed by atoms with Gasteiger partial charge in [0.2, 0.25) is 0 Å². The maximum atomic E-state index is 12.9. The Morgan fingerprint density at radius 2 is 2.17 bits per heavy atom. The van der Waals surface area contributed by atoms with Crippen LogP contribution in [0.1, 0.15) is 19.4 Å². The van der Waals surface area contributed by atoms with Crippen LogP contribution in [0.4, 0.5) is 4.39 Å². The van der Waals surface area contributed by atoms with Crippen LogP contribution in [0.2, 0.25) is 5.02 Å². The van der Waals surface area contributed by atoms with Crippen molar-refractivity contribution in [2.45, 2.75) is 26.4 Å². The molecular weight excluding hydrogens is 257 g/mol. The number of hydrogen-bond acceptors (Lipinski definition) is 3. The standard InChI is InChI=1S/C13H17ClFNO2/c1-9(2)16(8-13(17)18-3)7-10-4-5-11(15)6-12(10)14/h4-6,9H,7-8H2,1-3H3. The summed E-state index contributed by atoms with van der Waals surface area (Å²) in [4.78, 5) is 13.2. The largest absolute Gasteiger partial charge is 0.468 e. The number of hydrogen-bond donors (Lipinski definition) is 0. The normalized spacial score (nSPS) is 11.1. The van der Waals surface area contributed by atoms with Crippen LogP contribution >= 0.6 is 11.6 Å². The van der Waals surface area contributed by atoms with Crippen LogP contribution in [0.25, 0.3) is 0 Å². The summed E-state index contributed by atoms with van der Waals surface area (Å²) in [6.07, 6.45) is 0. The number of carbonyl (C=O) groups excluding carboxylic acids is 1. The molecule has 0 unspecified atom stereocenters. The number of ether oxygens (including phenoxy) is 1. The van der Waals surface area contributed by atoms with Crippen molar-refractivity contribution in [2.24, 2.45) is 0 Å². The maximum absolute atomic E-state index is 12.9. The Morgan fingerprint density at radius 3 is 2.67 bits per heavy atom. The number of carbonyl (C=O) groups is 1. The van der Waals surface area contributed by atoms with Crippen LogP contribution < -0.4 is 0 Å². The zero-order valence-corrected chi connectivity index (χ0v) is 11.5. The summed E-state index contributed by atoms with van der Waals surface area (Å²) < 4.78 is 17.6. The van der Waals surface area contributed by atoms with Gasteiger partial charge in [0.25, 0.3) is 0 Å². The molecule has 1 rings (SSSR count). The van der Waals surface area contributed by atoms with E-state index in [1.54, 1.807) is 6.07 Å². The first kappa shape index (κ1) is 14.9. The van der Waals surface area contributed by atoms with Gasteiger partial charge in [0, 0.05) is 17.6 Å². The first-order valence-electron chi connectivity index (χ1n) is 5.68. The zero-order valence-electron chi connectivity index (χ0n) is 10.7. The van der Waals surface area contributed by atoms with Gasteiger partial charge in [-0.2, -0.15) is 0 Å². The first-order chi connectivity index (χ1) is 8.43. The van der Waals surface area contributed by atoms with E-state index in [0.717, 1.165) is 5.56 Å². The van der Waals surface area contributed by atoms with Crippen molar-refractivity contribution in [2.75, 3.05) is 13.7 Å². The van der Waals surface area contributed by atoms with Crippen LogP contribution in [-0.4, -0.2) is 30.6 Å². The van der Waals surface area contributed by atoms with Crippen molar-refractivity contribution in [3.8, 4) is 0 Å². The number of benzene rings is 1.